The summed E-state index contributed by atoms with van der Waals surface area (Å²) >= 11 is 0. The second-order valence-electron chi connectivity index (χ2n) is 6.30. The molecule has 2 saturated heterocycles. The molecule has 120 valence electrons. The first kappa shape index (κ1) is 14.3. The van der Waals surface area contributed by atoms with Crippen molar-refractivity contribution in [2.45, 2.75) is 25.7 Å². The largest absolute Gasteiger partial charge is 0.372 e. The molecule has 0 spiro atoms. The van der Waals surface area contributed by atoms with Crippen LogP contribution < -0.4 is 15.1 Å². The van der Waals surface area contributed by atoms with Crippen LogP contribution in [0.5, 0.6) is 0 Å². The lowest BCUT2D eigenvalue weighted by molar-refractivity contribution is 0.900. The third-order valence-corrected chi connectivity index (χ3v) is 4.64. The van der Waals surface area contributed by atoms with Gasteiger partial charge in [-0.3, -0.25) is 0 Å². The number of rotatable bonds is 4. The Balaban J connectivity index is 1.46. The normalized spacial score (nSPS) is 17.7. The Morgan fingerprint density at radius 1 is 0.783 bits per heavy atom. The molecule has 2 aliphatic heterocycles. The average Bonchev–Trinajstić information content (AvgIpc) is 3.30. The maximum absolute atomic E-state index is 4.64. The third-order valence-electron chi connectivity index (χ3n) is 4.64. The highest BCUT2D eigenvalue weighted by Gasteiger charge is 2.15. The molecule has 1 aromatic heterocycles. The molecule has 3 heterocycles. The first-order chi connectivity index (χ1) is 11.4. The predicted octanol–water partition coefficient (Wildman–Crippen LogP) is 3.42. The van der Waals surface area contributed by atoms with Gasteiger partial charge in [-0.15, -0.1) is 0 Å². The van der Waals surface area contributed by atoms with E-state index in [4.69, 9.17) is 0 Å². The van der Waals surface area contributed by atoms with Gasteiger partial charge in [-0.1, -0.05) is 0 Å². The van der Waals surface area contributed by atoms with Crippen molar-refractivity contribution in [3.63, 3.8) is 0 Å². The lowest BCUT2D eigenvalue weighted by Gasteiger charge is -2.18. The van der Waals surface area contributed by atoms with Crippen LogP contribution >= 0.6 is 0 Å². The Labute approximate surface area is 137 Å². The fraction of sp³-hybridized carbons (Fsp3) is 0.444. The van der Waals surface area contributed by atoms with E-state index >= 15 is 0 Å². The first-order valence-electron chi connectivity index (χ1n) is 8.58. The summed E-state index contributed by atoms with van der Waals surface area (Å²) in [5.74, 6) is 1.69. The van der Waals surface area contributed by atoms with Gasteiger partial charge < -0.3 is 15.1 Å². The highest BCUT2D eigenvalue weighted by Crippen LogP contribution is 2.24. The van der Waals surface area contributed by atoms with Gasteiger partial charge in [0.1, 0.15) is 5.82 Å². The molecule has 2 aromatic rings. The van der Waals surface area contributed by atoms with Gasteiger partial charge in [-0.05, 0) is 56.0 Å². The number of aromatic nitrogens is 2. The Morgan fingerprint density at radius 3 is 2.13 bits per heavy atom. The minimum absolute atomic E-state index is 0.834. The molecule has 2 fully saturated rings. The molecule has 0 atom stereocenters. The lowest BCUT2D eigenvalue weighted by Crippen LogP contribution is -2.20. The molecule has 0 radical (unpaired) electrons. The maximum atomic E-state index is 4.64. The summed E-state index contributed by atoms with van der Waals surface area (Å²) in [6, 6.07) is 10.6. The predicted molar refractivity (Wildman–Crippen MR) is 94.7 cm³/mol. The van der Waals surface area contributed by atoms with Gasteiger partial charge in [0.15, 0.2) is 0 Å². The lowest BCUT2D eigenvalue weighted by atomic mass is 10.2. The standard InChI is InChI=1S/C18H23N5/c1-2-12-22(11-1)16-7-5-15(6-8-16)20-17-9-10-19-18(21-17)23-13-3-4-14-23/h5-10H,1-4,11-14H2,(H,19,20,21). The minimum Gasteiger partial charge on any atom is -0.372 e. The van der Waals surface area contributed by atoms with Crippen molar-refractivity contribution in [3.8, 4) is 0 Å². The number of nitrogens with zero attached hydrogens (tertiary/aromatic N) is 4. The zero-order chi connectivity index (χ0) is 15.5. The van der Waals surface area contributed by atoms with Crippen LogP contribution in [0, 0.1) is 0 Å². The van der Waals surface area contributed by atoms with Gasteiger partial charge in [-0.2, -0.15) is 4.98 Å². The molecule has 0 saturated carbocycles. The fourth-order valence-electron chi connectivity index (χ4n) is 3.37. The van der Waals surface area contributed by atoms with Crippen LogP contribution in [0.25, 0.3) is 0 Å². The van der Waals surface area contributed by atoms with E-state index in [1.807, 2.05) is 12.3 Å². The molecule has 1 aromatic carbocycles. The van der Waals surface area contributed by atoms with Crippen LogP contribution in [0.1, 0.15) is 25.7 Å². The summed E-state index contributed by atoms with van der Waals surface area (Å²) in [5.41, 5.74) is 2.38. The van der Waals surface area contributed by atoms with Crippen molar-refractivity contribution in [3.05, 3.63) is 36.5 Å². The van der Waals surface area contributed by atoms with E-state index in [1.54, 1.807) is 0 Å². The van der Waals surface area contributed by atoms with Crippen molar-refractivity contribution in [2.75, 3.05) is 41.3 Å². The molecule has 23 heavy (non-hydrogen) atoms. The van der Waals surface area contributed by atoms with Gasteiger partial charge in [0.2, 0.25) is 5.95 Å². The Kier molecular flexibility index (Phi) is 4.01. The van der Waals surface area contributed by atoms with Crippen LogP contribution in [0.15, 0.2) is 36.5 Å². The smallest absolute Gasteiger partial charge is 0.227 e. The molecule has 0 unspecified atom stereocenters. The molecular weight excluding hydrogens is 286 g/mol. The Bertz CT molecular complexity index is 643. The van der Waals surface area contributed by atoms with Gasteiger partial charge in [0, 0.05) is 43.8 Å². The molecule has 0 bridgehead atoms. The van der Waals surface area contributed by atoms with E-state index in [9.17, 15) is 0 Å². The Hall–Kier alpha value is -2.30. The van der Waals surface area contributed by atoms with Gasteiger partial charge in [0.05, 0.1) is 0 Å². The van der Waals surface area contributed by atoms with Crippen LogP contribution in [-0.4, -0.2) is 36.1 Å². The monoisotopic (exact) mass is 309 g/mol. The number of anilines is 4. The highest BCUT2D eigenvalue weighted by atomic mass is 15.3. The molecule has 1 N–H and O–H groups in total. The van der Waals surface area contributed by atoms with Crippen molar-refractivity contribution in [2.24, 2.45) is 0 Å². The van der Waals surface area contributed by atoms with Crippen molar-refractivity contribution in [1.29, 1.82) is 0 Å². The molecule has 2 aliphatic rings. The summed E-state index contributed by atoms with van der Waals surface area (Å²) in [7, 11) is 0. The van der Waals surface area contributed by atoms with E-state index in [-0.39, 0.29) is 0 Å². The molecule has 4 rings (SSSR count). The topological polar surface area (TPSA) is 44.3 Å². The maximum Gasteiger partial charge on any atom is 0.227 e. The van der Waals surface area contributed by atoms with Gasteiger partial charge in [0.25, 0.3) is 0 Å². The molecule has 5 nitrogen and oxygen atoms in total. The number of benzene rings is 1. The van der Waals surface area contributed by atoms with Crippen molar-refractivity contribution < 1.29 is 0 Å². The second-order valence-corrected chi connectivity index (χ2v) is 6.30. The molecular formula is C18H23N5. The highest BCUT2D eigenvalue weighted by molar-refractivity contribution is 5.61. The van der Waals surface area contributed by atoms with Crippen LogP contribution in [0.2, 0.25) is 0 Å². The van der Waals surface area contributed by atoms with Gasteiger partial charge in [-0.25, -0.2) is 4.98 Å². The third kappa shape index (κ3) is 3.23. The zero-order valence-corrected chi connectivity index (χ0v) is 13.4. The minimum atomic E-state index is 0.834. The Morgan fingerprint density at radius 2 is 1.43 bits per heavy atom. The number of hydrogen-bond donors (Lipinski definition) is 1. The summed E-state index contributed by atoms with van der Waals surface area (Å²) in [5, 5.41) is 3.39. The number of hydrogen-bond acceptors (Lipinski definition) is 5. The van der Waals surface area contributed by atoms with Crippen molar-refractivity contribution in [1.82, 2.24) is 9.97 Å². The zero-order valence-electron chi connectivity index (χ0n) is 13.4. The second kappa shape index (κ2) is 6.44. The van der Waals surface area contributed by atoms with E-state index in [1.165, 1.54) is 44.5 Å². The van der Waals surface area contributed by atoms with Crippen LogP contribution in [0.4, 0.5) is 23.1 Å². The van der Waals surface area contributed by atoms with E-state index in [0.29, 0.717) is 0 Å². The summed E-state index contributed by atoms with van der Waals surface area (Å²) < 4.78 is 0. The summed E-state index contributed by atoms with van der Waals surface area (Å²) in [6.45, 7) is 4.48. The summed E-state index contributed by atoms with van der Waals surface area (Å²) in [4.78, 5) is 13.7. The van der Waals surface area contributed by atoms with Crippen molar-refractivity contribution >= 4 is 23.1 Å². The number of nitrogens with one attached hydrogen (secondary N) is 1. The van der Waals surface area contributed by atoms with E-state index in [2.05, 4.69) is 49.4 Å². The molecule has 5 heteroatoms. The molecule has 0 aliphatic carbocycles. The molecule has 0 amide bonds. The van der Waals surface area contributed by atoms with E-state index < -0.39 is 0 Å². The fourth-order valence-corrected chi connectivity index (χ4v) is 3.37. The SMILES string of the molecule is c1cc(Nc2ccc(N3CCCC3)cc2)nc(N2CCCC2)n1. The van der Waals surface area contributed by atoms with E-state index in [0.717, 1.165) is 30.5 Å². The van der Waals surface area contributed by atoms with Gasteiger partial charge >= 0.3 is 0 Å². The quantitative estimate of drug-likeness (QED) is 0.937. The van der Waals surface area contributed by atoms with Crippen LogP contribution in [0.3, 0.4) is 0 Å². The summed E-state index contributed by atoms with van der Waals surface area (Å²) in [6.07, 6.45) is 6.92. The van der Waals surface area contributed by atoms with Crippen LogP contribution in [-0.2, 0) is 0 Å². The average molecular weight is 309 g/mol. The first-order valence-corrected chi connectivity index (χ1v) is 8.58.